The van der Waals surface area contributed by atoms with E-state index in [9.17, 15) is 0 Å². The Labute approximate surface area is 119 Å². The van der Waals surface area contributed by atoms with Crippen LogP contribution in [0.4, 0.5) is 0 Å². The standard InChI is InChI=1S/C16H33N3/c1-4-5-6-7-8-9-10-11-15-12-18-16(17)19(15)13-14(2)3/h14-15H,4-13H2,1-3H3,(H2,17,18). The lowest BCUT2D eigenvalue weighted by atomic mass is 10.0. The number of hydrogen-bond acceptors (Lipinski definition) is 3. The zero-order valence-corrected chi connectivity index (χ0v) is 13.2. The third-order valence-electron chi connectivity index (χ3n) is 3.90. The second-order valence-corrected chi connectivity index (χ2v) is 6.31. The molecule has 1 unspecified atom stereocenters. The summed E-state index contributed by atoms with van der Waals surface area (Å²) in [5.41, 5.74) is 5.98. The second kappa shape index (κ2) is 9.22. The van der Waals surface area contributed by atoms with Crippen molar-refractivity contribution in [3.05, 3.63) is 0 Å². The number of aliphatic imine (C=N–C) groups is 1. The van der Waals surface area contributed by atoms with Gasteiger partial charge < -0.3 is 10.6 Å². The molecule has 0 aromatic heterocycles. The van der Waals surface area contributed by atoms with Gasteiger partial charge in [0, 0.05) is 6.54 Å². The normalized spacial score (nSPS) is 19.3. The molecule has 1 heterocycles. The molecule has 0 spiro atoms. The molecule has 0 aromatic carbocycles. The maximum absolute atomic E-state index is 5.98. The molecule has 19 heavy (non-hydrogen) atoms. The fraction of sp³-hybridized carbons (Fsp3) is 0.938. The van der Waals surface area contributed by atoms with Crippen LogP contribution in [0.3, 0.4) is 0 Å². The molecule has 0 aromatic rings. The van der Waals surface area contributed by atoms with Gasteiger partial charge in [-0.25, -0.2) is 0 Å². The van der Waals surface area contributed by atoms with Gasteiger partial charge in [0.1, 0.15) is 0 Å². The highest BCUT2D eigenvalue weighted by Gasteiger charge is 2.25. The Morgan fingerprint density at radius 2 is 1.79 bits per heavy atom. The Balaban J connectivity index is 2.11. The van der Waals surface area contributed by atoms with Crippen molar-refractivity contribution < 1.29 is 0 Å². The van der Waals surface area contributed by atoms with Crippen LogP contribution in [0.2, 0.25) is 0 Å². The zero-order valence-electron chi connectivity index (χ0n) is 13.2. The summed E-state index contributed by atoms with van der Waals surface area (Å²) >= 11 is 0. The Bertz CT molecular complexity index is 261. The van der Waals surface area contributed by atoms with Crippen molar-refractivity contribution in [2.45, 2.75) is 78.2 Å². The third kappa shape index (κ3) is 6.31. The number of unbranched alkanes of at least 4 members (excludes halogenated alkanes) is 6. The number of guanidine groups is 1. The summed E-state index contributed by atoms with van der Waals surface area (Å²) in [5.74, 6) is 1.42. The average Bonchev–Trinajstić information content (AvgIpc) is 2.70. The van der Waals surface area contributed by atoms with Gasteiger partial charge >= 0.3 is 0 Å². The van der Waals surface area contributed by atoms with E-state index in [1.165, 1.54) is 51.4 Å². The maximum atomic E-state index is 5.98. The molecule has 112 valence electrons. The van der Waals surface area contributed by atoms with Gasteiger partial charge in [-0.3, -0.25) is 4.99 Å². The van der Waals surface area contributed by atoms with Crippen LogP contribution >= 0.6 is 0 Å². The summed E-state index contributed by atoms with van der Waals surface area (Å²) in [4.78, 5) is 6.73. The van der Waals surface area contributed by atoms with Gasteiger partial charge in [-0.1, -0.05) is 65.7 Å². The molecule has 0 amide bonds. The first kappa shape index (κ1) is 16.3. The number of nitrogens with zero attached hydrogens (tertiary/aromatic N) is 2. The number of nitrogens with two attached hydrogens (primary N) is 1. The largest absolute Gasteiger partial charge is 0.370 e. The van der Waals surface area contributed by atoms with Crippen LogP contribution in [0.1, 0.15) is 72.1 Å². The van der Waals surface area contributed by atoms with Crippen molar-refractivity contribution in [2.24, 2.45) is 16.6 Å². The van der Waals surface area contributed by atoms with E-state index in [4.69, 9.17) is 5.73 Å². The van der Waals surface area contributed by atoms with Gasteiger partial charge in [-0.05, 0) is 12.3 Å². The van der Waals surface area contributed by atoms with Gasteiger partial charge in [0.25, 0.3) is 0 Å². The summed E-state index contributed by atoms with van der Waals surface area (Å²) in [7, 11) is 0. The molecule has 0 aliphatic carbocycles. The van der Waals surface area contributed by atoms with Gasteiger partial charge in [0.2, 0.25) is 0 Å². The van der Waals surface area contributed by atoms with Crippen LogP contribution < -0.4 is 5.73 Å². The third-order valence-corrected chi connectivity index (χ3v) is 3.90. The SMILES string of the molecule is CCCCCCCCCC1CN=C(N)N1CC(C)C. The van der Waals surface area contributed by atoms with Gasteiger partial charge in [-0.15, -0.1) is 0 Å². The lowest BCUT2D eigenvalue weighted by molar-refractivity contribution is 0.286. The van der Waals surface area contributed by atoms with Crippen LogP contribution in [0, 0.1) is 5.92 Å². The highest BCUT2D eigenvalue weighted by atomic mass is 15.3. The monoisotopic (exact) mass is 267 g/mol. The first-order chi connectivity index (χ1) is 9.15. The molecule has 1 rings (SSSR count). The van der Waals surface area contributed by atoms with Crippen molar-refractivity contribution in [1.82, 2.24) is 4.90 Å². The van der Waals surface area contributed by atoms with E-state index in [1.807, 2.05) is 0 Å². The van der Waals surface area contributed by atoms with Gasteiger partial charge in [0.05, 0.1) is 12.6 Å². The quantitative estimate of drug-likeness (QED) is 0.612. The van der Waals surface area contributed by atoms with Crippen LogP contribution in [-0.2, 0) is 0 Å². The minimum atomic E-state index is 0.568. The van der Waals surface area contributed by atoms with Crippen molar-refractivity contribution >= 4 is 5.96 Å². The molecule has 0 saturated heterocycles. The highest BCUT2D eigenvalue weighted by molar-refractivity contribution is 5.80. The molecular formula is C16H33N3. The molecule has 0 radical (unpaired) electrons. The minimum Gasteiger partial charge on any atom is -0.370 e. The molecule has 3 heteroatoms. The smallest absolute Gasteiger partial charge is 0.191 e. The molecule has 3 nitrogen and oxygen atoms in total. The molecule has 1 atom stereocenters. The average molecular weight is 267 g/mol. The molecule has 1 aliphatic heterocycles. The number of hydrogen-bond donors (Lipinski definition) is 1. The van der Waals surface area contributed by atoms with Crippen LogP contribution in [-0.4, -0.2) is 30.0 Å². The first-order valence-electron chi connectivity index (χ1n) is 8.21. The Kier molecular flexibility index (Phi) is 7.92. The second-order valence-electron chi connectivity index (χ2n) is 6.31. The summed E-state index contributed by atoms with van der Waals surface area (Å²) in [6.07, 6.45) is 10.9. The lowest BCUT2D eigenvalue weighted by Crippen LogP contribution is -2.42. The molecule has 0 bridgehead atoms. The van der Waals surface area contributed by atoms with E-state index in [0.29, 0.717) is 12.0 Å². The summed E-state index contributed by atoms with van der Waals surface area (Å²) in [6.45, 7) is 8.73. The van der Waals surface area contributed by atoms with E-state index in [1.54, 1.807) is 0 Å². The van der Waals surface area contributed by atoms with Gasteiger partial charge in [0.15, 0.2) is 5.96 Å². The van der Waals surface area contributed by atoms with Crippen LogP contribution in [0.5, 0.6) is 0 Å². The highest BCUT2D eigenvalue weighted by Crippen LogP contribution is 2.18. The summed E-state index contributed by atoms with van der Waals surface area (Å²) < 4.78 is 0. The van der Waals surface area contributed by atoms with Crippen LogP contribution in [0.25, 0.3) is 0 Å². The van der Waals surface area contributed by atoms with Crippen molar-refractivity contribution in [2.75, 3.05) is 13.1 Å². The maximum Gasteiger partial charge on any atom is 0.191 e. The zero-order chi connectivity index (χ0) is 14.1. The summed E-state index contributed by atoms with van der Waals surface area (Å²) in [6, 6.07) is 0.568. The van der Waals surface area contributed by atoms with E-state index >= 15 is 0 Å². The molecular weight excluding hydrogens is 234 g/mol. The van der Waals surface area contributed by atoms with Crippen LogP contribution in [0.15, 0.2) is 4.99 Å². The Morgan fingerprint density at radius 1 is 1.16 bits per heavy atom. The fourth-order valence-corrected chi connectivity index (χ4v) is 2.80. The van der Waals surface area contributed by atoms with E-state index in [2.05, 4.69) is 30.7 Å². The van der Waals surface area contributed by atoms with E-state index in [0.717, 1.165) is 19.0 Å². The minimum absolute atomic E-state index is 0.568. The Hall–Kier alpha value is -0.730. The molecule has 0 saturated carbocycles. The molecule has 0 fully saturated rings. The fourth-order valence-electron chi connectivity index (χ4n) is 2.80. The predicted molar refractivity (Wildman–Crippen MR) is 84.4 cm³/mol. The van der Waals surface area contributed by atoms with Crippen molar-refractivity contribution in [3.8, 4) is 0 Å². The van der Waals surface area contributed by atoms with E-state index < -0.39 is 0 Å². The van der Waals surface area contributed by atoms with Crippen molar-refractivity contribution in [3.63, 3.8) is 0 Å². The van der Waals surface area contributed by atoms with Crippen molar-refractivity contribution in [1.29, 1.82) is 0 Å². The number of rotatable bonds is 10. The Morgan fingerprint density at radius 3 is 2.42 bits per heavy atom. The lowest BCUT2D eigenvalue weighted by Gasteiger charge is -2.27. The topological polar surface area (TPSA) is 41.6 Å². The van der Waals surface area contributed by atoms with Gasteiger partial charge in [-0.2, -0.15) is 0 Å². The van der Waals surface area contributed by atoms with E-state index in [-0.39, 0.29) is 0 Å². The predicted octanol–water partition coefficient (Wildman–Crippen LogP) is 3.78. The summed E-state index contributed by atoms with van der Waals surface area (Å²) in [5, 5.41) is 0. The first-order valence-corrected chi connectivity index (χ1v) is 8.21. The molecule has 2 N–H and O–H groups in total. The molecule has 1 aliphatic rings.